The number of hydrogen-bond acceptors (Lipinski definition) is 3. The van der Waals surface area contributed by atoms with Gasteiger partial charge < -0.3 is 20.0 Å². The molecule has 0 radical (unpaired) electrons. The van der Waals surface area contributed by atoms with Gasteiger partial charge >= 0.3 is 0 Å². The summed E-state index contributed by atoms with van der Waals surface area (Å²) in [7, 11) is 1.71. The van der Waals surface area contributed by atoms with E-state index in [1.807, 2.05) is 49.4 Å². The van der Waals surface area contributed by atoms with Gasteiger partial charge in [-0.05, 0) is 37.4 Å². The van der Waals surface area contributed by atoms with E-state index in [2.05, 4.69) is 22.8 Å². The van der Waals surface area contributed by atoms with Crippen molar-refractivity contribution in [3.8, 4) is 0 Å². The second-order valence-corrected chi connectivity index (χ2v) is 9.03. The summed E-state index contributed by atoms with van der Waals surface area (Å²) in [6.07, 6.45) is 0. The Bertz CT molecular complexity index is 799. The number of likely N-dealkylation sites (N-methyl/N-ethyl adjacent to an activating group) is 1. The predicted molar refractivity (Wildman–Crippen MR) is 116 cm³/mol. The molecule has 1 saturated heterocycles. The maximum absolute atomic E-state index is 12.8. The Kier molecular flexibility index (Phi) is 7.41. The molecule has 1 atom stereocenters. The van der Waals surface area contributed by atoms with Gasteiger partial charge in [0.15, 0.2) is 6.04 Å². The molecule has 0 aliphatic carbocycles. The highest BCUT2D eigenvalue weighted by molar-refractivity contribution is 7.09. The highest BCUT2D eigenvalue weighted by atomic mass is 32.1. The highest BCUT2D eigenvalue weighted by Crippen LogP contribution is 2.08. The molecule has 0 unspecified atom stereocenters. The molecule has 7 heteroatoms. The van der Waals surface area contributed by atoms with Gasteiger partial charge in [0.05, 0.1) is 11.4 Å². The second kappa shape index (κ2) is 10.0. The average molecular weight is 417 g/mol. The van der Waals surface area contributed by atoms with Crippen molar-refractivity contribution in [2.75, 3.05) is 45.1 Å². The fourth-order valence-electron chi connectivity index (χ4n) is 3.83. The summed E-state index contributed by atoms with van der Waals surface area (Å²) in [5, 5.41) is 4.98. The molecule has 3 N–H and O–H groups in total. The third-order valence-electron chi connectivity index (χ3n) is 5.68. The maximum atomic E-state index is 12.8. The first-order valence-corrected chi connectivity index (χ1v) is 11.1. The summed E-state index contributed by atoms with van der Waals surface area (Å²) in [6.45, 7) is 9.24. The molecule has 2 heterocycles. The number of nitrogens with one attached hydrogen (secondary N) is 3. The molecule has 0 saturated carbocycles. The quantitative estimate of drug-likeness (QED) is 0.587. The molecule has 3 rings (SSSR count). The summed E-state index contributed by atoms with van der Waals surface area (Å²) in [5.74, 6) is -0.141. The number of carbonyl (C=O) groups is 2. The first-order chi connectivity index (χ1) is 13.9. The van der Waals surface area contributed by atoms with E-state index in [-0.39, 0.29) is 24.4 Å². The number of aryl methyl sites for hydroxylation is 1. The van der Waals surface area contributed by atoms with E-state index in [9.17, 15) is 9.59 Å². The Morgan fingerprint density at radius 1 is 1.14 bits per heavy atom. The number of piperazine rings is 1. The molecule has 0 bridgehead atoms. The Balaban J connectivity index is 1.44. The monoisotopic (exact) mass is 416 g/mol. The van der Waals surface area contributed by atoms with Gasteiger partial charge in [0, 0.05) is 12.7 Å². The summed E-state index contributed by atoms with van der Waals surface area (Å²) in [4.78, 5) is 31.0. The molecule has 2 amide bonds. The summed E-state index contributed by atoms with van der Waals surface area (Å²) >= 11 is 1.81. The number of carbonyl (C=O) groups excluding carboxylic acids is 2. The smallest absolute Gasteiger partial charge is 0.280 e. The Hall–Kier alpha value is -2.22. The molecule has 156 valence electrons. The van der Waals surface area contributed by atoms with Crippen LogP contribution in [-0.2, 0) is 16.1 Å². The zero-order valence-electron chi connectivity index (χ0n) is 17.5. The van der Waals surface area contributed by atoms with E-state index in [1.54, 1.807) is 16.8 Å². The predicted octanol–water partition coefficient (Wildman–Crippen LogP) is -0.174. The number of amides is 2. The Morgan fingerprint density at radius 3 is 2.45 bits per heavy atom. The van der Waals surface area contributed by atoms with E-state index in [1.165, 1.54) is 9.78 Å². The lowest BCUT2D eigenvalue weighted by Gasteiger charge is -2.33. The number of anilines is 1. The number of hydrogen-bond donors (Lipinski definition) is 3. The molecule has 1 aliphatic heterocycles. The number of nitrogens with zero attached hydrogens (tertiary/aromatic N) is 1. The average Bonchev–Trinajstić information content (AvgIpc) is 3.22. The van der Waals surface area contributed by atoms with Gasteiger partial charge in [-0.25, -0.2) is 0 Å². The van der Waals surface area contributed by atoms with Gasteiger partial charge in [-0.1, -0.05) is 23.8 Å². The minimum absolute atomic E-state index is 0.0285. The Labute approximate surface area is 177 Å². The lowest BCUT2D eigenvalue weighted by atomic mass is 10.2. The minimum Gasteiger partial charge on any atom is -0.331 e. The van der Waals surface area contributed by atoms with E-state index < -0.39 is 0 Å². The molecule has 29 heavy (non-hydrogen) atoms. The fourth-order valence-corrected chi connectivity index (χ4v) is 4.61. The van der Waals surface area contributed by atoms with Gasteiger partial charge in [0.2, 0.25) is 5.91 Å². The summed E-state index contributed by atoms with van der Waals surface area (Å²) < 4.78 is 0. The highest BCUT2D eigenvalue weighted by Gasteiger charge is 2.33. The number of thiophene rings is 1. The number of benzene rings is 1. The van der Waals surface area contributed by atoms with E-state index >= 15 is 0 Å². The molecular formula is C22H32N4O2S+2. The third kappa shape index (κ3) is 6.13. The largest absolute Gasteiger partial charge is 0.331 e. The van der Waals surface area contributed by atoms with Crippen LogP contribution in [0.2, 0.25) is 0 Å². The van der Waals surface area contributed by atoms with Crippen LogP contribution >= 0.6 is 11.3 Å². The molecular weight excluding hydrogens is 384 g/mol. The molecule has 6 nitrogen and oxygen atoms in total. The van der Waals surface area contributed by atoms with Crippen LogP contribution in [0.4, 0.5) is 5.69 Å². The van der Waals surface area contributed by atoms with Crippen LogP contribution in [0.1, 0.15) is 17.4 Å². The molecule has 2 aromatic rings. The lowest BCUT2D eigenvalue weighted by Crippen LogP contribution is -3.29. The van der Waals surface area contributed by atoms with Gasteiger partial charge in [0.1, 0.15) is 32.7 Å². The van der Waals surface area contributed by atoms with Gasteiger partial charge in [-0.3, -0.25) is 9.59 Å². The lowest BCUT2D eigenvalue weighted by molar-refractivity contribution is -1.02. The van der Waals surface area contributed by atoms with Crippen molar-refractivity contribution in [2.45, 2.75) is 26.4 Å². The van der Waals surface area contributed by atoms with Crippen LogP contribution in [0.3, 0.4) is 0 Å². The van der Waals surface area contributed by atoms with Crippen molar-refractivity contribution < 1.29 is 19.4 Å². The van der Waals surface area contributed by atoms with Crippen molar-refractivity contribution in [2.24, 2.45) is 0 Å². The maximum Gasteiger partial charge on any atom is 0.280 e. The number of rotatable bonds is 7. The van der Waals surface area contributed by atoms with Crippen LogP contribution in [0.5, 0.6) is 0 Å². The normalized spacial score (nSPS) is 20.1. The van der Waals surface area contributed by atoms with E-state index in [4.69, 9.17) is 0 Å². The van der Waals surface area contributed by atoms with Crippen molar-refractivity contribution in [1.29, 1.82) is 0 Å². The molecule has 1 aromatic carbocycles. The molecule has 1 aliphatic rings. The van der Waals surface area contributed by atoms with Crippen LogP contribution in [-0.4, -0.2) is 62.5 Å². The fraction of sp³-hybridized carbons (Fsp3) is 0.455. The molecule has 0 spiro atoms. The topological polar surface area (TPSA) is 58.3 Å². The molecule has 1 fully saturated rings. The first kappa shape index (κ1) is 21.5. The standard InChI is InChI=1S/C22H30N4O2S/c1-17-6-8-19(9-7-17)23-21(27)16-24(3)22(28)18(2)26-12-10-25(11-13-26)15-20-5-4-14-29-20/h4-9,14,18H,10-13,15-16H2,1-3H3,(H,23,27)/p+2/t18-/m0/s1. The summed E-state index contributed by atoms with van der Waals surface area (Å²) in [6, 6.07) is 11.8. The van der Waals surface area contributed by atoms with E-state index in [0.29, 0.717) is 0 Å². The Morgan fingerprint density at radius 2 is 1.83 bits per heavy atom. The molecule has 1 aromatic heterocycles. The van der Waals surface area contributed by atoms with Crippen molar-refractivity contribution >= 4 is 28.8 Å². The zero-order valence-corrected chi connectivity index (χ0v) is 18.3. The zero-order chi connectivity index (χ0) is 20.8. The van der Waals surface area contributed by atoms with Crippen LogP contribution in [0.15, 0.2) is 41.8 Å². The number of quaternary nitrogens is 2. The van der Waals surface area contributed by atoms with Crippen molar-refractivity contribution in [3.05, 3.63) is 52.2 Å². The first-order valence-electron chi connectivity index (χ1n) is 10.2. The van der Waals surface area contributed by atoms with Gasteiger partial charge in [0.25, 0.3) is 5.91 Å². The van der Waals surface area contributed by atoms with E-state index in [0.717, 1.165) is 44.0 Å². The minimum atomic E-state index is -0.169. The SMILES string of the molecule is Cc1ccc(NC(=O)CN(C)C(=O)[C@H](C)[NH+]2CC[NH+](Cc3cccs3)CC2)cc1. The van der Waals surface area contributed by atoms with Crippen LogP contribution in [0.25, 0.3) is 0 Å². The van der Waals surface area contributed by atoms with Crippen LogP contribution in [0, 0.1) is 6.92 Å². The van der Waals surface area contributed by atoms with Crippen molar-refractivity contribution in [3.63, 3.8) is 0 Å². The van der Waals surface area contributed by atoms with Crippen molar-refractivity contribution in [1.82, 2.24) is 4.90 Å². The van der Waals surface area contributed by atoms with Gasteiger partial charge in [-0.15, -0.1) is 11.3 Å². The second-order valence-electron chi connectivity index (χ2n) is 7.99. The summed E-state index contributed by atoms with van der Waals surface area (Å²) in [5.41, 5.74) is 1.90. The van der Waals surface area contributed by atoms with Gasteiger partial charge in [-0.2, -0.15) is 0 Å². The van der Waals surface area contributed by atoms with Crippen LogP contribution < -0.4 is 15.1 Å². The third-order valence-corrected chi connectivity index (χ3v) is 6.56.